The third kappa shape index (κ3) is 3.29. The maximum Gasteiger partial charge on any atom is 0.334 e. The summed E-state index contributed by atoms with van der Waals surface area (Å²) < 4.78 is 2.22. The standard InChI is InChI=1S/C25H30N6O5/c1-28-21(34)25(29(2)22(28)35)13-24(14-25)10-8-16(9-11-24)31-20(33)17(18(26)27)19(32)30(23(31)36)12-15-6-4-3-5-7-15/h3-7,16,32H,8-14H2,1-2H3,(H3,26,27). The summed E-state index contributed by atoms with van der Waals surface area (Å²) in [7, 11) is 3.17. The first kappa shape index (κ1) is 23.8. The van der Waals surface area contributed by atoms with Gasteiger partial charge in [-0.05, 0) is 49.5 Å². The monoisotopic (exact) mass is 494 g/mol. The molecule has 0 unspecified atom stereocenters. The molecule has 3 fully saturated rings. The highest BCUT2D eigenvalue weighted by molar-refractivity contribution is 6.07. The molecular formula is C25H30N6O5. The number of aromatic nitrogens is 2. The quantitative estimate of drug-likeness (QED) is 0.330. The summed E-state index contributed by atoms with van der Waals surface area (Å²) >= 11 is 0. The first-order valence-electron chi connectivity index (χ1n) is 12.0. The van der Waals surface area contributed by atoms with Gasteiger partial charge in [0.25, 0.3) is 11.5 Å². The minimum absolute atomic E-state index is 0.0290. The summed E-state index contributed by atoms with van der Waals surface area (Å²) in [6.07, 6.45) is 3.58. The van der Waals surface area contributed by atoms with E-state index >= 15 is 0 Å². The highest BCUT2D eigenvalue weighted by atomic mass is 16.3. The molecule has 5 rings (SSSR count). The third-order valence-electron chi connectivity index (χ3n) is 8.44. The Bertz CT molecular complexity index is 1380. The number of amidine groups is 1. The van der Waals surface area contributed by atoms with Gasteiger partial charge in [-0.25, -0.2) is 9.59 Å². The zero-order valence-electron chi connectivity index (χ0n) is 20.4. The Labute approximate surface area is 207 Å². The Morgan fingerprint density at radius 3 is 2.22 bits per heavy atom. The second kappa shape index (κ2) is 8.07. The van der Waals surface area contributed by atoms with E-state index in [0.717, 1.165) is 14.7 Å². The number of nitrogens with two attached hydrogens (primary N) is 1. The number of imide groups is 1. The minimum atomic E-state index is -0.793. The molecule has 4 N–H and O–H groups in total. The number of carbonyl (C=O) groups is 2. The Morgan fingerprint density at radius 1 is 1.08 bits per heavy atom. The van der Waals surface area contributed by atoms with Gasteiger partial charge in [0.2, 0.25) is 5.88 Å². The van der Waals surface area contributed by atoms with Gasteiger partial charge in [-0.3, -0.25) is 29.0 Å². The lowest BCUT2D eigenvalue weighted by Crippen LogP contribution is -2.63. The molecule has 11 nitrogen and oxygen atoms in total. The zero-order valence-corrected chi connectivity index (χ0v) is 20.4. The van der Waals surface area contributed by atoms with E-state index in [1.807, 2.05) is 18.2 Å². The Morgan fingerprint density at radius 2 is 1.69 bits per heavy atom. The van der Waals surface area contributed by atoms with Crippen LogP contribution in [0, 0.1) is 10.8 Å². The smallest absolute Gasteiger partial charge is 0.334 e. The van der Waals surface area contributed by atoms with Gasteiger partial charge >= 0.3 is 11.7 Å². The lowest BCUT2D eigenvalue weighted by molar-refractivity contribution is -0.148. The van der Waals surface area contributed by atoms with Crippen LogP contribution in [0.3, 0.4) is 0 Å². The normalized spacial score (nSPS) is 27.7. The first-order valence-corrected chi connectivity index (χ1v) is 12.0. The second-order valence-corrected chi connectivity index (χ2v) is 10.5. The van der Waals surface area contributed by atoms with Gasteiger partial charge in [0.1, 0.15) is 16.9 Å². The van der Waals surface area contributed by atoms with Gasteiger partial charge in [-0.15, -0.1) is 0 Å². The number of benzene rings is 1. The molecular weight excluding hydrogens is 464 g/mol. The highest BCUT2D eigenvalue weighted by Crippen LogP contribution is 2.61. The van der Waals surface area contributed by atoms with E-state index < -0.39 is 34.5 Å². The van der Waals surface area contributed by atoms with Gasteiger partial charge in [0, 0.05) is 20.1 Å². The number of nitrogens with one attached hydrogen (secondary N) is 1. The van der Waals surface area contributed by atoms with Crippen LogP contribution in [0.25, 0.3) is 0 Å². The topological polar surface area (TPSA) is 155 Å². The predicted octanol–water partition coefficient (Wildman–Crippen LogP) is 1.21. The van der Waals surface area contributed by atoms with Crippen LogP contribution in [-0.2, 0) is 11.3 Å². The van der Waals surface area contributed by atoms with E-state index in [1.165, 1.54) is 11.9 Å². The molecule has 2 saturated carbocycles. The molecule has 3 aliphatic rings. The van der Waals surface area contributed by atoms with E-state index in [2.05, 4.69) is 0 Å². The molecule has 1 saturated heterocycles. The van der Waals surface area contributed by atoms with Crippen LogP contribution in [0.5, 0.6) is 5.88 Å². The summed E-state index contributed by atoms with van der Waals surface area (Å²) in [5.41, 5.74) is 3.68. The van der Waals surface area contributed by atoms with Crippen LogP contribution in [0.4, 0.5) is 4.79 Å². The van der Waals surface area contributed by atoms with Crippen molar-refractivity contribution in [3.63, 3.8) is 0 Å². The number of urea groups is 1. The number of rotatable bonds is 4. The predicted molar refractivity (Wildman–Crippen MR) is 131 cm³/mol. The first-order chi connectivity index (χ1) is 17.0. The number of nitrogen functional groups attached to an aromatic ring is 1. The van der Waals surface area contributed by atoms with E-state index in [4.69, 9.17) is 11.1 Å². The van der Waals surface area contributed by atoms with E-state index in [9.17, 15) is 24.3 Å². The zero-order chi connectivity index (χ0) is 26.0. The Hall–Kier alpha value is -3.89. The lowest BCUT2D eigenvalue weighted by Gasteiger charge is -2.57. The van der Waals surface area contributed by atoms with Crippen LogP contribution in [0.1, 0.15) is 55.7 Å². The lowest BCUT2D eigenvalue weighted by atomic mass is 9.51. The number of likely N-dealkylation sites (N-methyl/N-ethyl adjacent to an activating group) is 2. The molecule has 2 aliphatic carbocycles. The van der Waals surface area contributed by atoms with Crippen LogP contribution >= 0.6 is 0 Å². The number of amides is 3. The second-order valence-electron chi connectivity index (χ2n) is 10.5. The van der Waals surface area contributed by atoms with Gasteiger partial charge < -0.3 is 15.7 Å². The summed E-state index contributed by atoms with van der Waals surface area (Å²) in [5, 5.41) is 18.6. The maximum atomic E-state index is 13.5. The molecule has 1 aromatic heterocycles. The number of hydrogen-bond acceptors (Lipinski definition) is 6. The van der Waals surface area contributed by atoms with Crippen LogP contribution in [0.15, 0.2) is 39.9 Å². The Balaban J connectivity index is 1.43. The molecule has 11 heteroatoms. The van der Waals surface area contributed by atoms with Crippen LogP contribution < -0.4 is 17.0 Å². The number of aromatic hydroxyl groups is 1. The molecule has 2 spiro atoms. The van der Waals surface area contributed by atoms with Crippen molar-refractivity contribution in [2.75, 3.05) is 14.1 Å². The van der Waals surface area contributed by atoms with E-state index in [1.54, 1.807) is 24.1 Å². The largest absolute Gasteiger partial charge is 0.494 e. The summed E-state index contributed by atoms with van der Waals surface area (Å²) in [5.74, 6) is -1.38. The fourth-order valence-electron chi connectivity index (χ4n) is 6.48. The SMILES string of the molecule is CN1C(=O)N(C)C2(CC3(CCC(n4c(=O)c(C(=N)N)c(O)n(Cc5ccccc5)c4=O)CC3)C2)C1=O. The number of nitrogens with zero attached hydrogens (tertiary/aromatic N) is 4. The average molecular weight is 495 g/mol. The molecule has 0 radical (unpaired) electrons. The molecule has 36 heavy (non-hydrogen) atoms. The number of hydrogen-bond donors (Lipinski definition) is 3. The van der Waals surface area contributed by atoms with Crippen molar-refractivity contribution in [3.8, 4) is 5.88 Å². The molecule has 2 heterocycles. The molecule has 1 aromatic carbocycles. The van der Waals surface area contributed by atoms with Gasteiger partial charge in [-0.2, -0.15) is 0 Å². The third-order valence-corrected chi connectivity index (χ3v) is 8.44. The van der Waals surface area contributed by atoms with Crippen LogP contribution in [-0.4, -0.2) is 61.4 Å². The van der Waals surface area contributed by atoms with Crippen molar-refractivity contribution in [1.82, 2.24) is 18.9 Å². The van der Waals surface area contributed by atoms with Crippen molar-refractivity contribution in [2.45, 2.75) is 56.7 Å². The van der Waals surface area contributed by atoms with Crippen molar-refractivity contribution in [1.29, 1.82) is 5.41 Å². The molecule has 3 amide bonds. The van der Waals surface area contributed by atoms with Crippen LogP contribution in [0.2, 0.25) is 0 Å². The fourth-order valence-corrected chi connectivity index (χ4v) is 6.48. The molecule has 190 valence electrons. The molecule has 0 bridgehead atoms. The summed E-state index contributed by atoms with van der Waals surface area (Å²) in [4.78, 5) is 54.5. The van der Waals surface area contributed by atoms with Crippen molar-refractivity contribution < 1.29 is 14.7 Å². The minimum Gasteiger partial charge on any atom is -0.494 e. The maximum absolute atomic E-state index is 13.5. The molecule has 1 aliphatic heterocycles. The van der Waals surface area contributed by atoms with Gasteiger partial charge in [0.05, 0.1) is 6.54 Å². The molecule has 2 aromatic rings. The average Bonchev–Trinajstić information content (AvgIpc) is 2.99. The molecule has 0 atom stereocenters. The van der Waals surface area contributed by atoms with Crippen molar-refractivity contribution in [2.24, 2.45) is 11.1 Å². The van der Waals surface area contributed by atoms with E-state index in [0.29, 0.717) is 38.5 Å². The van der Waals surface area contributed by atoms with E-state index in [-0.39, 0.29) is 29.5 Å². The summed E-state index contributed by atoms with van der Waals surface area (Å²) in [6, 6.07) is 8.33. The Kier molecular flexibility index (Phi) is 5.34. The number of carbonyl (C=O) groups excluding carboxylic acids is 2. The van der Waals surface area contributed by atoms with Gasteiger partial charge in [-0.1, -0.05) is 30.3 Å². The van der Waals surface area contributed by atoms with Crippen molar-refractivity contribution >= 4 is 17.8 Å². The van der Waals surface area contributed by atoms with Crippen molar-refractivity contribution in [3.05, 3.63) is 62.3 Å². The highest BCUT2D eigenvalue weighted by Gasteiger charge is 2.66. The van der Waals surface area contributed by atoms with Gasteiger partial charge in [0.15, 0.2) is 0 Å². The fraction of sp³-hybridized carbons (Fsp3) is 0.480. The summed E-state index contributed by atoms with van der Waals surface area (Å²) in [6.45, 7) is 0.0290.